The summed E-state index contributed by atoms with van der Waals surface area (Å²) >= 11 is 0. The molecule has 2 aromatic rings. The fraction of sp³-hybridized carbons (Fsp3) is 0.452. The van der Waals surface area contributed by atoms with Crippen LogP contribution < -0.4 is 14.2 Å². The minimum absolute atomic E-state index is 0.00871. The Morgan fingerprint density at radius 3 is 1.63 bits per heavy atom. The quantitative estimate of drug-likeness (QED) is 0.0360. The summed E-state index contributed by atoms with van der Waals surface area (Å²) in [5.74, 6) is -0.494. The smallest absolute Gasteiger partial charge is 0.333 e. The summed E-state index contributed by atoms with van der Waals surface area (Å²) in [6.45, 7) is 23.5. The molecule has 0 spiro atoms. The van der Waals surface area contributed by atoms with Crippen LogP contribution in [0.5, 0.6) is 17.2 Å². The fourth-order valence-corrected chi connectivity index (χ4v) is 5.06. The predicted molar refractivity (Wildman–Crippen MR) is 203 cm³/mol. The van der Waals surface area contributed by atoms with E-state index in [9.17, 15) is 19.5 Å². The molecule has 10 nitrogen and oxygen atoms in total. The number of aryl methyl sites for hydroxylation is 1. The lowest BCUT2D eigenvalue weighted by Gasteiger charge is -2.27. The second kappa shape index (κ2) is 22.9. The summed E-state index contributed by atoms with van der Waals surface area (Å²) in [6, 6.07) is 8.18. The van der Waals surface area contributed by atoms with Crippen LogP contribution in [0, 0.1) is 0 Å². The van der Waals surface area contributed by atoms with Gasteiger partial charge in [-0.05, 0) is 70.1 Å². The number of ether oxygens (including phenoxy) is 6. The molecule has 0 fully saturated rings. The first kappa shape index (κ1) is 43.3. The van der Waals surface area contributed by atoms with Crippen LogP contribution in [0.1, 0.15) is 77.0 Å². The van der Waals surface area contributed by atoms with Crippen molar-refractivity contribution in [1.82, 2.24) is 0 Å². The van der Waals surface area contributed by atoms with E-state index < -0.39 is 17.9 Å². The van der Waals surface area contributed by atoms with Crippen LogP contribution >= 0.6 is 0 Å². The number of hydrogen-bond acceptors (Lipinski definition) is 10. The summed E-state index contributed by atoms with van der Waals surface area (Å²) in [7, 11) is 0. The zero-order valence-corrected chi connectivity index (χ0v) is 31.7. The Morgan fingerprint density at radius 2 is 1.13 bits per heavy atom. The first-order chi connectivity index (χ1) is 24.8. The molecule has 2 aromatic carbocycles. The first-order valence-electron chi connectivity index (χ1n) is 17.7. The molecule has 284 valence electrons. The maximum Gasteiger partial charge on any atom is 0.333 e. The molecule has 0 saturated carbocycles. The van der Waals surface area contributed by atoms with Crippen molar-refractivity contribution in [2.24, 2.45) is 0 Å². The highest BCUT2D eigenvalue weighted by Gasteiger charge is 2.29. The first-order valence-corrected chi connectivity index (χ1v) is 17.7. The molecule has 0 saturated heterocycles. The van der Waals surface area contributed by atoms with Gasteiger partial charge in [-0.2, -0.15) is 0 Å². The molecular formula is C42H56O10. The van der Waals surface area contributed by atoms with Crippen molar-refractivity contribution < 1.29 is 47.9 Å². The number of carbonyl (C=O) groups excluding carboxylic acids is 3. The van der Waals surface area contributed by atoms with Crippen LogP contribution in [0.2, 0.25) is 0 Å². The van der Waals surface area contributed by atoms with Gasteiger partial charge in [-0.25, -0.2) is 14.4 Å². The van der Waals surface area contributed by atoms with Crippen LogP contribution in [0.25, 0.3) is 11.1 Å². The molecule has 0 radical (unpaired) electrons. The second-order valence-electron chi connectivity index (χ2n) is 12.7. The van der Waals surface area contributed by atoms with Crippen molar-refractivity contribution >= 4 is 17.9 Å². The van der Waals surface area contributed by atoms with Crippen molar-refractivity contribution in [1.29, 1.82) is 0 Å². The van der Waals surface area contributed by atoms with E-state index in [2.05, 4.69) is 45.4 Å². The normalized spacial score (nSPS) is 10.6. The van der Waals surface area contributed by atoms with Gasteiger partial charge in [0, 0.05) is 46.4 Å². The predicted octanol–water partition coefficient (Wildman–Crippen LogP) is 7.62. The molecule has 0 heterocycles. The van der Waals surface area contributed by atoms with E-state index in [-0.39, 0.29) is 69.4 Å². The molecular weight excluding hydrogens is 664 g/mol. The van der Waals surface area contributed by atoms with E-state index in [0.717, 1.165) is 36.8 Å². The van der Waals surface area contributed by atoms with E-state index in [4.69, 9.17) is 28.4 Å². The zero-order chi connectivity index (χ0) is 38.6. The number of aliphatic hydroxyl groups excluding tert-OH is 1. The molecule has 0 aliphatic carbocycles. The van der Waals surface area contributed by atoms with Crippen LogP contribution in [0.3, 0.4) is 0 Å². The molecule has 52 heavy (non-hydrogen) atoms. The molecule has 0 aliphatic rings. The molecule has 2 rings (SSSR count). The summed E-state index contributed by atoms with van der Waals surface area (Å²) in [5, 5.41) is 9.95. The average Bonchev–Trinajstić information content (AvgIpc) is 3.10. The second-order valence-corrected chi connectivity index (χ2v) is 12.7. The lowest BCUT2D eigenvalue weighted by Crippen LogP contribution is -2.18. The minimum Gasteiger partial charge on any atom is -0.489 e. The SMILES string of the molecule is C=C(C)COc1c(OCCOC(=O)C(=C)C)c(CCCO)c(OCCOC(=O)C(=C)C)c(CCOC(=O)C(=C)C)c1-c1ccc(CCCCC)cc1. The number of carbonyl (C=O) groups is 3. The van der Waals surface area contributed by atoms with Crippen molar-refractivity contribution in [2.45, 2.75) is 79.6 Å². The Balaban J connectivity index is 2.90. The van der Waals surface area contributed by atoms with Gasteiger partial charge in [-0.1, -0.05) is 70.3 Å². The third kappa shape index (κ3) is 14.1. The van der Waals surface area contributed by atoms with Gasteiger partial charge >= 0.3 is 17.9 Å². The van der Waals surface area contributed by atoms with Gasteiger partial charge in [0.05, 0.1) is 6.61 Å². The maximum atomic E-state index is 12.5. The Labute approximate surface area is 309 Å². The largest absolute Gasteiger partial charge is 0.489 e. The van der Waals surface area contributed by atoms with E-state index in [1.807, 2.05) is 19.1 Å². The minimum atomic E-state index is -0.548. The maximum absolute atomic E-state index is 12.5. The summed E-state index contributed by atoms with van der Waals surface area (Å²) in [4.78, 5) is 36.8. The Hall–Kier alpha value is -4.83. The molecule has 1 N–H and O–H groups in total. The van der Waals surface area contributed by atoms with Crippen LogP contribution in [-0.2, 0) is 47.9 Å². The van der Waals surface area contributed by atoms with Gasteiger partial charge in [-0.3, -0.25) is 0 Å². The van der Waals surface area contributed by atoms with Gasteiger partial charge in [-0.15, -0.1) is 0 Å². The monoisotopic (exact) mass is 720 g/mol. The van der Waals surface area contributed by atoms with Gasteiger partial charge in [0.1, 0.15) is 38.8 Å². The summed E-state index contributed by atoms with van der Waals surface area (Å²) < 4.78 is 35.6. The topological polar surface area (TPSA) is 127 Å². The van der Waals surface area contributed by atoms with Crippen LogP contribution in [0.4, 0.5) is 0 Å². The standard InChI is InChI=1S/C42H56O10/c1-10-11-12-14-32-16-18-33(19-17-32)36-34(20-22-49-40(44)29(4)5)37(47-23-25-50-41(45)30(6)7)35(15-13-21-43)38(39(36)52-27-28(2)3)48-24-26-51-42(46)31(8)9/h16-19,43H,2,4,6,8,10-15,20-27H2,1,3,5,7,9H3. The summed E-state index contributed by atoms with van der Waals surface area (Å²) in [5.41, 5.74) is 5.39. The van der Waals surface area contributed by atoms with Gasteiger partial charge in [0.2, 0.25) is 0 Å². The van der Waals surface area contributed by atoms with Gasteiger partial charge < -0.3 is 33.5 Å². The van der Waals surface area contributed by atoms with Gasteiger partial charge in [0.15, 0.2) is 11.5 Å². The van der Waals surface area contributed by atoms with E-state index in [1.54, 1.807) is 20.8 Å². The molecule has 10 heteroatoms. The lowest BCUT2D eigenvalue weighted by atomic mass is 9.90. The van der Waals surface area contributed by atoms with E-state index in [1.165, 1.54) is 5.56 Å². The average molecular weight is 721 g/mol. The molecule has 0 atom stereocenters. The third-order valence-electron chi connectivity index (χ3n) is 7.67. The van der Waals surface area contributed by atoms with Crippen molar-refractivity contribution in [3.05, 3.63) is 89.6 Å². The fourth-order valence-electron chi connectivity index (χ4n) is 5.06. The number of unbranched alkanes of at least 4 members (excludes halogenated alkanes) is 2. The Bertz CT molecular complexity index is 1570. The number of aliphatic hydroxyl groups is 1. The molecule has 0 unspecified atom stereocenters. The third-order valence-corrected chi connectivity index (χ3v) is 7.67. The number of benzene rings is 2. The zero-order valence-electron chi connectivity index (χ0n) is 31.7. The molecule has 0 amide bonds. The van der Waals surface area contributed by atoms with Crippen molar-refractivity contribution in [2.75, 3.05) is 46.2 Å². The number of rotatable bonds is 25. The van der Waals surface area contributed by atoms with E-state index in [0.29, 0.717) is 46.8 Å². The van der Waals surface area contributed by atoms with Crippen molar-refractivity contribution in [3.63, 3.8) is 0 Å². The number of esters is 3. The molecule has 0 aliphatic heterocycles. The Morgan fingerprint density at radius 1 is 0.596 bits per heavy atom. The lowest BCUT2D eigenvalue weighted by molar-refractivity contribution is -0.140. The summed E-state index contributed by atoms with van der Waals surface area (Å²) in [6.07, 6.45) is 5.12. The van der Waals surface area contributed by atoms with Crippen molar-refractivity contribution in [3.8, 4) is 28.4 Å². The highest BCUT2D eigenvalue weighted by atomic mass is 16.6. The molecule has 0 bridgehead atoms. The van der Waals surface area contributed by atoms with Crippen LogP contribution in [-0.4, -0.2) is 69.3 Å². The molecule has 0 aromatic heterocycles. The highest BCUT2D eigenvalue weighted by Crippen LogP contribution is 2.50. The van der Waals surface area contributed by atoms with Crippen LogP contribution in [0.15, 0.2) is 72.9 Å². The van der Waals surface area contributed by atoms with Gasteiger partial charge in [0.25, 0.3) is 0 Å². The highest BCUT2D eigenvalue weighted by molar-refractivity contribution is 5.88. The van der Waals surface area contributed by atoms with E-state index >= 15 is 0 Å². The number of hydrogen-bond donors (Lipinski definition) is 1. The Kier molecular flexibility index (Phi) is 19.1.